The van der Waals surface area contributed by atoms with Crippen LogP contribution in [0.1, 0.15) is 44.2 Å². The molecule has 5 atom stereocenters. The van der Waals surface area contributed by atoms with E-state index in [0.717, 1.165) is 37.8 Å². The second-order valence-electron chi connectivity index (χ2n) is 8.80. The van der Waals surface area contributed by atoms with Crippen LogP contribution >= 0.6 is 0 Å². The second-order valence-corrected chi connectivity index (χ2v) is 8.80. The van der Waals surface area contributed by atoms with Gasteiger partial charge in [-0.15, -0.1) is 0 Å². The van der Waals surface area contributed by atoms with Crippen molar-refractivity contribution in [2.24, 2.45) is 0 Å². The number of phenols is 1. The lowest BCUT2D eigenvalue weighted by Gasteiger charge is -2.63. The molecule has 1 aromatic carbocycles. The summed E-state index contributed by atoms with van der Waals surface area (Å²) in [5.41, 5.74) is 1.14. The summed E-state index contributed by atoms with van der Waals surface area (Å²) in [4.78, 5) is 2.33. The number of benzene rings is 1. The van der Waals surface area contributed by atoms with E-state index in [1.165, 1.54) is 5.56 Å². The van der Waals surface area contributed by atoms with Crippen molar-refractivity contribution in [1.29, 1.82) is 0 Å². The lowest BCUT2D eigenvalue weighted by molar-refractivity contribution is -0.187. The summed E-state index contributed by atoms with van der Waals surface area (Å²) in [6, 6.07) is 4.47. The molecule has 5 heteroatoms. The molecule has 4 aliphatic rings. The molecule has 3 N–H and O–H groups in total. The summed E-state index contributed by atoms with van der Waals surface area (Å²) in [5, 5.41) is 26.1. The lowest BCUT2D eigenvalue weighted by atomic mass is 9.48. The molecule has 136 valence electrons. The van der Waals surface area contributed by atoms with Crippen molar-refractivity contribution in [2.45, 2.75) is 74.8 Å². The van der Waals surface area contributed by atoms with E-state index < -0.39 is 11.0 Å². The molecule has 1 spiro atoms. The average molecular weight is 344 g/mol. The zero-order chi connectivity index (χ0) is 17.6. The van der Waals surface area contributed by atoms with Crippen LogP contribution in [0.5, 0.6) is 11.5 Å². The molecular weight excluding hydrogens is 316 g/mol. The van der Waals surface area contributed by atoms with E-state index in [4.69, 9.17) is 4.74 Å². The van der Waals surface area contributed by atoms with E-state index in [-0.39, 0.29) is 23.9 Å². The lowest BCUT2D eigenvalue weighted by Crippen LogP contribution is -2.77. The van der Waals surface area contributed by atoms with Crippen LogP contribution in [0.15, 0.2) is 12.1 Å². The number of nitrogens with one attached hydrogen (secondary N) is 1. The average Bonchev–Trinajstić information content (AvgIpc) is 2.91. The Labute approximate surface area is 149 Å². The number of likely N-dealkylation sites (N-methyl/N-ethyl adjacent to an activating group) is 1. The quantitative estimate of drug-likeness (QED) is 0.760. The van der Waals surface area contributed by atoms with Crippen molar-refractivity contribution in [3.63, 3.8) is 0 Å². The maximum absolute atomic E-state index is 12.0. The Balaban J connectivity index is 1.75. The molecule has 25 heavy (non-hydrogen) atoms. The molecule has 0 aromatic heterocycles. The molecule has 2 bridgehead atoms. The van der Waals surface area contributed by atoms with Crippen LogP contribution in [-0.2, 0) is 11.8 Å². The molecule has 2 unspecified atom stereocenters. The predicted molar refractivity (Wildman–Crippen MR) is 95.2 cm³/mol. The Bertz CT molecular complexity index is 736. The number of ether oxygens (including phenoxy) is 1. The maximum Gasteiger partial charge on any atom is 0.165 e. The summed E-state index contributed by atoms with van der Waals surface area (Å²) in [6.07, 6.45) is 3.26. The normalized spacial score (nSPS) is 41.6. The minimum atomic E-state index is -0.786. The maximum atomic E-state index is 12.0. The molecular formula is C20H28N2O3. The Kier molecular flexibility index (Phi) is 3.12. The van der Waals surface area contributed by atoms with Gasteiger partial charge in [-0.05, 0) is 50.9 Å². The van der Waals surface area contributed by atoms with E-state index in [1.807, 2.05) is 6.07 Å². The van der Waals surface area contributed by atoms with Crippen molar-refractivity contribution in [1.82, 2.24) is 10.2 Å². The van der Waals surface area contributed by atoms with E-state index in [2.05, 4.69) is 31.1 Å². The number of piperidine rings is 1. The van der Waals surface area contributed by atoms with Gasteiger partial charge in [0.15, 0.2) is 11.5 Å². The molecule has 2 aliphatic heterocycles. The van der Waals surface area contributed by atoms with Crippen LogP contribution in [-0.4, -0.2) is 58.5 Å². The molecule has 1 aromatic rings. The molecule has 1 saturated heterocycles. The third-order valence-electron chi connectivity index (χ3n) is 7.28. The molecule has 5 rings (SSSR count). The third kappa shape index (κ3) is 1.74. The number of likely N-dealkylation sites (tertiary alicyclic amines) is 1. The van der Waals surface area contributed by atoms with Crippen molar-refractivity contribution in [2.75, 3.05) is 13.6 Å². The molecule has 0 amide bonds. The fraction of sp³-hybridized carbons (Fsp3) is 0.700. The van der Waals surface area contributed by atoms with Gasteiger partial charge in [-0.25, -0.2) is 0 Å². The molecule has 5 nitrogen and oxygen atoms in total. The molecule has 2 heterocycles. The first-order valence-corrected chi connectivity index (χ1v) is 9.59. The van der Waals surface area contributed by atoms with Crippen LogP contribution in [0, 0.1) is 0 Å². The summed E-state index contributed by atoms with van der Waals surface area (Å²) in [6.45, 7) is 5.26. The first-order chi connectivity index (χ1) is 11.9. The van der Waals surface area contributed by atoms with Gasteiger partial charge in [-0.2, -0.15) is 0 Å². The van der Waals surface area contributed by atoms with Gasteiger partial charge in [0.05, 0.1) is 11.0 Å². The monoisotopic (exact) mass is 344 g/mol. The van der Waals surface area contributed by atoms with Crippen LogP contribution in [0.2, 0.25) is 0 Å². The SMILES string of the molecule is CC(C)N[C@H]1CC[C@@]2(O)C3Cc4ccc(O)c5c4C2(CCN3C)[C@H]1O5. The first-order valence-electron chi connectivity index (χ1n) is 9.59. The van der Waals surface area contributed by atoms with E-state index >= 15 is 0 Å². The Morgan fingerprint density at radius 1 is 1.32 bits per heavy atom. The molecule has 1 saturated carbocycles. The van der Waals surface area contributed by atoms with Gasteiger partial charge in [0.2, 0.25) is 0 Å². The fourth-order valence-corrected chi connectivity index (χ4v) is 6.35. The number of rotatable bonds is 2. The second kappa shape index (κ2) is 4.90. The van der Waals surface area contributed by atoms with Gasteiger partial charge in [-0.3, -0.25) is 0 Å². The Morgan fingerprint density at radius 3 is 2.88 bits per heavy atom. The summed E-state index contributed by atoms with van der Waals surface area (Å²) in [7, 11) is 2.13. The van der Waals surface area contributed by atoms with Crippen LogP contribution in [0.25, 0.3) is 0 Å². The summed E-state index contributed by atoms with van der Waals surface area (Å²) < 4.78 is 6.43. The zero-order valence-corrected chi connectivity index (χ0v) is 15.2. The standard InChI is InChI=1S/C20H28N2O3/c1-11(2)21-13-6-7-20(24)15-10-12-4-5-14(23)17-16(12)19(20,18(13)25-17)8-9-22(15)3/h4-5,11,13,15,18,21,23-24H,6-10H2,1-3H3/t13-,15?,18-,19?,20+/m0/s1. The summed E-state index contributed by atoms with van der Waals surface area (Å²) >= 11 is 0. The van der Waals surface area contributed by atoms with Crippen LogP contribution in [0.3, 0.4) is 0 Å². The number of aliphatic hydroxyl groups is 1. The number of nitrogens with zero attached hydrogens (tertiary/aromatic N) is 1. The highest BCUT2D eigenvalue weighted by atomic mass is 16.5. The summed E-state index contributed by atoms with van der Waals surface area (Å²) in [5.74, 6) is 0.840. The smallest absolute Gasteiger partial charge is 0.165 e. The van der Waals surface area contributed by atoms with Gasteiger partial charge < -0.3 is 25.2 Å². The zero-order valence-electron chi connectivity index (χ0n) is 15.2. The Hall–Kier alpha value is -1.30. The Morgan fingerprint density at radius 2 is 2.12 bits per heavy atom. The van der Waals surface area contributed by atoms with Crippen molar-refractivity contribution in [3.8, 4) is 11.5 Å². The van der Waals surface area contributed by atoms with Gasteiger partial charge in [0.1, 0.15) is 6.10 Å². The predicted octanol–water partition coefficient (Wildman–Crippen LogP) is 1.54. The van der Waals surface area contributed by atoms with E-state index in [1.54, 1.807) is 6.07 Å². The van der Waals surface area contributed by atoms with Crippen molar-refractivity contribution >= 4 is 0 Å². The van der Waals surface area contributed by atoms with Crippen LogP contribution < -0.4 is 10.1 Å². The van der Waals surface area contributed by atoms with Gasteiger partial charge in [-0.1, -0.05) is 19.9 Å². The topological polar surface area (TPSA) is 65.0 Å². The number of hydrogen-bond donors (Lipinski definition) is 3. The minimum Gasteiger partial charge on any atom is -0.504 e. The van der Waals surface area contributed by atoms with Crippen molar-refractivity contribution < 1.29 is 14.9 Å². The highest BCUT2D eigenvalue weighted by Gasteiger charge is 2.72. The third-order valence-corrected chi connectivity index (χ3v) is 7.28. The van der Waals surface area contributed by atoms with Crippen LogP contribution in [0.4, 0.5) is 0 Å². The molecule has 2 fully saturated rings. The van der Waals surface area contributed by atoms with Gasteiger partial charge >= 0.3 is 0 Å². The number of phenolic OH excluding ortho intramolecular Hbond substituents is 1. The molecule has 0 radical (unpaired) electrons. The highest BCUT2D eigenvalue weighted by Crippen LogP contribution is 2.65. The van der Waals surface area contributed by atoms with E-state index in [0.29, 0.717) is 11.8 Å². The van der Waals surface area contributed by atoms with Gasteiger partial charge in [0, 0.05) is 23.7 Å². The van der Waals surface area contributed by atoms with Crippen molar-refractivity contribution in [3.05, 3.63) is 23.3 Å². The fourth-order valence-electron chi connectivity index (χ4n) is 6.35. The largest absolute Gasteiger partial charge is 0.504 e. The minimum absolute atomic E-state index is 0.118. The van der Waals surface area contributed by atoms with Gasteiger partial charge in [0.25, 0.3) is 0 Å². The highest BCUT2D eigenvalue weighted by molar-refractivity contribution is 5.62. The first kappa shape index (κ1) is 15.9. The molecule has 2 aliphatic carbocycles. The van der Waals surface area contributed by atoms with E-state index in [9.17, 15) is 10.2 Å². The number of aromatic hydroxyl groups is 1. The number of hydrogen-bond acceptors (Lipinski definition) is 5.